The summed E-state index contributed by atoms with van der Waals surface area (Å²) in [6, 6.07) is 7.67. The smallest absolute Gasteiger partial charge is 0.271 e. The zero-order valence-electron chi connectivity index (χ0n) is 21.7. The van der Waals surface area contributed by atoms with Crippen molar-refractivity contribution in [1.29, 1.82) is 0 Å². The standard InChI is InChI=1S/C25H32Cl2N4O6S/c1-5-7-13-28-25(33)22(6-2)29(15-19-20(26)9-8-10-21(19)27)24(32)16-30(38(4,36)37)23-14-18(31(34)35)12-11-17(23)3/h8-12,14,22H,5-7,13,15-16H2,1-4H3,(H,28,33)/t22-/m0/s1. The lowest BCUT2D eigenvalue weighted by Crippen LogP contribution is -2.52. The molecular formula is C25H32Cl2N4O6S. The molecule has 0 saturated carbocycles. The maximum absolute atomic E-state index is 13.8. The summed E-state index contributed by atoms with van der Waals surface area (Å²) in [4.78, 5) is 38.8. The summed E-state index contributed by atoms with van der Waals surface area (Å²) in [5.41, 5.74) is 0.486. The topological polar surface area (TPSA) is 130 Å². The Hall–Kier alpha value is -2.89. The number of anilines is 1. The second-order valence-corrected chi connectivity index (χ2v) is 11.5. The summed E-state index contributed by atoms with van der Waals surface area (Å²) >= 11 is 12.7. The third kappa shape index (κ3) is 8.05. The Morgan fingerprint density at radius 3 is 2.29 bits per heavy atom. The summed E-state index contributed by atoms with van der Waals surface area (Å²) in [6.07, 6.45) is 2.75. The molecular weight excluding hydrogens is 555 g/mol. The maximum atomic E-state index is 13.8. The molecule has 0 spiro atoms. The van der Waals surface area contributed by atoms with Crippen LogP contribution >= 0.6 is 23.2 Å². The molecule has 0 aliphatic carbocycles. The normalized spacial score (nSPS) is 12.1. The number of non-ortho nitro benzene ring substituents is 1. The molecule has 0 saturated heterocycles. The molecule has 0 radical (unpaired) electrons. The third-order valence-electron chi connectivity index (χ3n) is 5.96. The number of nitrogens with one attached hydrogen (secondary N) is 1. The number of carbonyl (C=O) groups is 2. The largest absolute Gasteiger partial charge is 0.354 e. The van der Waals surface area contributed by atoms with E-state index in [1.807, 2.05) is 6.92 Å². The average Bonchev–Trinajstić information content (AvgIpc) is 2.83. The minimum absolute atomic E-state index is 0.00813. The number of carbonyl (C=O) groups excluding carboxylic acids is 2. The SMILES string of the molecule is CCCCNC(=O)[C@H](CC)N(Cc1c(Cl)cccc1Cl)C(=O)CN(c1cc([N+](=O)[O-])ccc1C)S(C)(=O)=O. The quantitative estimate of drug-likeness (QED) is 0.206. The van der Waals surface area contributed by atoms with Crippen molar-refractivity contribution >= 4 is 56.4 Å². The highest BCUT2D eigenvalue weighted by molar-refractivity contribution is 7.92. The number of hydrogen-bond donors (Lipinski definition) is 1. The zero-order valence-corrected chi connectivity index (χ0v) is 24.1. The van der Waals surface area contributed by atoms with Gasteiger partial charge in [-0.2, -0.15) is 0 Å². The van der Waals surface area contributed by atoms with E-state index in [-0.39, 0.29) is 34.4 Å². The lowest BCUT2D eigenvalue weighted by molar-refractivity contribution is -0.384. The fourth-order valence-electron chi connectivity index (χ4n) is 3.85. The van der Waals surface area contributed by atoms with Gasteiger partial charge in [-0.05, 0) is 37.5 Å². The maximum Gasteiger partial charge on any atom is 0.271 e. The van der Waals surface area contributed by atoms with Crippen LogP contribution in [0.25, 0.3) is 0 Å². The van der Waals surface area contributed by atoms with Crippen molar-refractivity contribution in [3.63, 3.8) is 0 Å². The number of nitro groups is 1. The molecule has 38 heavy (non-hydrogen) atoms. The van der Waals surface area contributed by atoms with E-state index in [0.29, 0.717) is 17.7 Å². The molecule has 0 aliphatic heterocycles. The van der Waals surface area contributed by atoms with Crippen molar-refractivity contribution in [2.45, 2.75) is 52.6 Å². The Morgan fingerprint density at radius 2 is 1.76 bits per heavy atom. The van der Waals surface area contributed by atoms with Crippen LogP contribution in [0.4, 0.5) is 11.4 Å². The van der Waals surface area contributed by atoms with Crippen molar-refractivity contribution in [3.05, 3.63) is 67.7 Å². The molecule has 208 valence electrons. The van der Waals surface area contributed by atoms with Crippen molar-refractivity contribution in [3.8, 4) is 0 Å². The fourth-order valence-corrected chi connectivity index (χ4v) is 5.27. The van der Waals surface area contributed by atoms with E-state index in [1.54, 1.807) is 32.0 Å². The first-order valence-electron chi connectivity index (χ1n) is 12.0. The van der Waals surface area contributed by atoms with Crippen molar-refractivity contribution in [2.75, 3.05) is 23.7 Å². The van der Waals surface area contributed by atoms with E-state index in [1.165, 1.54) is 17.0 Å². The van der Waals surface area contributed by atoms with E-state index in [2.05, 4.69) is 5.32 Å². The number of amides is 2. The number of nitrogens with zero attached hydrogens (tertiary/aromatic N) is 3. The van der Waals surface area contributed by atoms with E-state index in [0.717, 1.165) is 29.5 Å². The van der Waals surface area contributed by atoms with Gasteiger partial charge in [-0.25, -0.2) is 8.42 Å². The van der Waals surface area contributed by atoms with E-state index in [9.17, 15) is 28.1 Å². The summed E-state index contributed by atoms with van der Waals surface area (Å²) < 4.78 is 26.4. The van der Waals surface area contributed by atoms with Gasteiger partial charge in [0.25, 0.3) is 5.69 Å². The molecule has 0 aliphatic rings. The van der Waals surface area contributed by atoms with Gasteiger partial charge in [0.1, 0.15) is 12.6 Å². The van der Waals surface area contributed by atoms with Crippen LogP contribution in [0, 0.1) is 17.0 Å². The van der Waals surface area contributed by atoms with E-state index < -0.39 is 39.3 Å². The highest BCUT2D eigenvalue weighted by Crippen LogP contribution is 2.30. The average molecular weight is 588 g/mol. The van der Waals surface area contributed by atoms with Gasteiger partial charge in [0.05, 0.1) is 16.9 Å². The van der Waals surface area contributed by atoms with Crippen LogP contribution in [0.3, 0.4) is 0 Å². The molecule has 2 aromatic carbocycles. The molecule has 2 rings (SSSR count). The van der Waals surface area contributed by atoms with Crippen LogP contribution in [0.1, 0.15) is 44.2 Å². The molecule has 0 aromatic heterocycles. The van der Waals surface area contributed by atoms with Gasteiger partial charge in [0.15, 0.2) is 0 Å². The number of unbranched alkanes of at least 4 members (excludes halogenated alkanes) is 1. The second kappa shape index (κ2) is 13.8. The van der Waals surface area contributed by atoms with E-state index >= 15 is 0 Å². The Kier molecular flexibility index (Phi) is 11.4. The first-order valence-corrected chi connectivity index (χ1v) is 14.6. The lowest BCUT2D eigenvalue weighted by atomic mass is 10.1. The van der Waals surface area contributed by atoms with Crippen LogP contribution in [-0.2, 0) is 26.2 Å². The number of benzene rings is 2. The summed E-state index contributed by atoms with van der Waals surface area (Å²) in [5.74, 6) is -1.09. The number of halogens is 2. The number of nitro benzene ring substituents is 1. The van der Waals surface area contributed by atoms with Crippen molar-refractivity contribution in [2.24, 2.45) is 0 Å². The van der Waals surface area contributed by atoms with Crippen molar-refractivity contribution < 1.29 is 22.9 Å². The van der Waals surface area contributed by atoms with Crippen molar-refractivity contribution in [1.82, 2.24) is 10.2 Å². The highest BCUT2D eigenvalue weighted by Gasteiger charge is 2.33. The number of hydrogen-bond acceptors (Lipinski definition) is 6. The monoisotopic (exact) mass is 586 g/mol. The van der Waals surface area contributed by atoms with Crippen LogP contribution < -0.4 is 9.62 Å². The number of sulfonamides is 1. The first-order chi connectivity index (χ1) is 17.8. The Morgan fingerprint density at radius 1 is 1.13 bits per heavy atom. The summed E-state index contributed by atoms with van der Waals surface area (Å²) in [6.45, 7) is 4.87. The minimum atomic E-state index is -4.06. The molecule has 2 aromatic rings. The van der Waals surface area contributed by atoms with Gasteiger partial charge < -0.3 is 10.2 Å². The Balaban J connectivity index is 2.55. The van der Waals surface area contributed by atoms with Gasteiger partial charge in [0, 0.05) is 40.8 Å². The number of rotatable bonds is 13. The zero-order chi connectivity index (χ0) is 28.6. The summed E-state index contributed by atoms with van der Waals surface area (Å²) in [7, 11) is -4.06. The molecule has 10 nitrogen and oxygen atoms in total. The summed E-state index contributed by atoms with van der Waals surface area (Å²) in [5, 5.41) is 14.7. The Bertz CT molecular complexity index is 1270. The lowest BCUT2D eigenvalue weighted by Gasteiger charge is -2.33. The molecule has 0 unspecified atom stereocenters. The second-order valence-electron chi connectivity index (χ2n) is 8.79. The van der Waals surface area contributed by atoms with Crippen LogP contribution in [0.15, 0.2) is 36.4 Å². The van der Waals surface area contributed by atoms with Crippen LogP contribution in [0.2, 0.25) is 10.0 Å². The third-order valence-corrected chi connectivity index (χ3v) is 7.79. The van der Waals surface area contributed by atoms with Gasteiger partial charge >= 0.3 is 0 Å². The van der Waals surface area contributed by atoms with Gasteiger partial charge in [0.2, 0.25) is 21.8 Å². The predicted molar refractivity (Wildman–Crippen MR) is 149 cm³/mol. The van der Waals surface area contributed by atoms with Crippen LogP contribution in [-0.4, -0.2) is 55.4 Å². The molecule has 2 amide bonds. The first kappa shape index (κ1) is 31.3. The number of aryl methyl sites for hydroxylation is 1. The molecule has 0 bridgehead atoms. The molecule has 13 heteroatoms. The molecule has 1 atom stereocenters. The highest BCUT2D eigenvalue weighted by atomic mass is 35.5. The van der Waals surface area contributed by atoms with E-state index in [4.69, 9.17) is 23.2 Å². The predicted octanol–water partition coefficient (Wildman–Crippen LogP) is 4.70. The molecule has 0 fully saturated rings. The minimum Gasteiger partial charge on any atom is -0.354 e. The van der Waals surface area contributed by atoms with Gasteiger partial charge in [-0.1, -0.05) is 55.6 Å². The van der Waals surface area contributed by atoms with Gasteiger partial charge in [-0.3, -0.25) is 24.0 Å². The molecule has 0 heterocycles. The Labute approximate surface area is 233 Å². The fraction of sp³-hybridized carbons (Fsp3) is 0.440. The molecule has 1 N–H and O–H groups in total. The van der Waals surface area contributed by atoms with Gasteiger partial charge in [-0.15, -0.1) is 0 Å². The van der Waals surface area contributed by atoms with Crippen LogP contribution in [0.5, 0.6) is 0 Å².